The van der Waals surface area contributed by atoms with E-state index in [1.165, 1.54) is 0 Å². The molecule has 0 amide bonds. The first-order chi connectivity index (χ1) is 9.13. The highest BCUT2D eigenvalue weighted by Crippen LogP contribution is 2.24. The third kappa shape index (κ3) is 3.48. The van der Waals surface area contributed by atoms with Crippen molar-refractivity contribution in [2.24, 2.45) is 5.92 Å². The third-order valence-corrected chi connectivity index (χ3v) is 4.23. The van der Waals surface area contributed by atoms with Crippen LogP contribution in [0, 0.1) is 17.2 Å². The van der Waals surface area contributed by atoms with E-state index in [0.29, 0.717) is 16.5 Å². The highest BCUT2D eigenvalue weighted by molar-refractivity contribution is 6.31. The Balaban J connectivity index is 2.04. The van der Waals surface area contributed by atoms with Gasteiger partial charge < -0.3 is 5.11 Å². The van der Waals surface area contributed by atoms with Crippen molar-refractivity contribution < 1.29 is 5.11 Å². The summed E-state index contributed by atoms with van der Waals surface area (Å²) in [5.74, 6) is 0.353. The van der Waals surface area contributed by atoms with Crippen molar-refractivity contribution in [2.75, 3.05) is 13.1 Å². The van der Waals surface area contributed by atoms with Crippen LogP contribution in [0.3, 0.4) is 0 Å². The maximum Gasteiger partial charge on any atom is 0.0992 e. The molecule has 0 bridgehead atoms. The molecule has 0 aromatic heterocycles. The fourth-order valence-electron chi connectivity index (χ4n) is 2.63. The van der Waals surface area contributed by atoms with E-state index in [2.05, 4.69) is 17.9 Å². The van der Waals surface area contributed by atoms with Crippen LogP contribution in [0.2, 0.25) is 5.02 Å². The molecule has 1 heterocycles. The molecular formula is C15H19ClN2O. The summed E-state index contributed by atoms with van der Waals surface area (Å²) in [6, 6.07) is 7.53. The number of benzene rings is 1. The minimum absolute atomic E-state index is 0.169. The predicted molar refractivity (Wildman–Crippen MR) is 75.8 cm³/mol. The average Bonchev–Trinajstić information content (AvgIpc) is 2.43. The molecule has 1 fully saturated rings. The van der Waals surface area contributed by atoms with Gasteiger partial charge in [0.25, 0.3) is 0 Å². The third-order valence-electron chi connectivity index (χ3n) is 3.88. The second-order valence-electron chi connectivity index (χ2n) is 5.18. The Bertz CT molecular complexity index is 484. The van der Waals surface area contributed by atoms with Crippen molar-refractivity contribution in [3.8, 4) is 6.07 Å². The van der Waals surface area contributed by atoms with E-state index in [0.717, 1.165) is 38.0 Å². The Labute approximate surface area is 119 Å². The minimum atomic E-state index is -0.169. The maximum atomic E-state index is 9.89. The van der Waals surface area contributed by atoms with Crippen molar-refractivity contribution in [3.05, 3.63) is 34.3 Å². The number of rotatable bonds is 3. The van der Waals surface area contributed by atoms with Gasteiger partial charge in [0.15, 0.2) is 0 Å². The normalized spacial score (nSPS) is 24.1. The van der Waals surface area contributed by atoms with E-state index in [-0.39, 0.29) is 6.10 Å². The first kappa shape index (κ1) is 14.3. The van der Waals surface area contributed by atoms with Gasteiger partial charge in [0.2, 0.25) is 0 Å². The number of halogens is 1. The van der Waals surface area contributed by atoms with Gasteiger partial charge in [0, 0.05) is 24.7 Å². The summed E-state index contributed by atoms with van der Waals surface area (Å²) in [5, 5.41) is 19.4. The molecule has 4 heteroatoms. The minimum Gasteiger partial charge on any atom is -0.393 e. The maximum absolute atomic E-state index is 9.89. The molecule has 102 valence electrons. The molecule has 0 radical (unpaired) electrons. The molecule has 3 nitrogen and oxygen atoms in total. The SMILES string of the molecule is CCC1CN(Cc2ccc(C#N)cc2Cl)CCC1O. The van der Waals surface area contributed by atoms with E-state index in [1.54, 1.807) is 12.1 Å². The first-order valence-corrected chi connectivity index (χ1v) is 7.10. The van der Waals surface area contributed by atoms with Gasteiger partial charge in [-0.05, 0) is 36.5 Å². The van der Waals surface area contributed by atoms with Crippen molar-refractivity contribution in [1.29, 1.82) is 5.26 Å². The second kappa shape index (κ2) is 6.38. The van der Waals surface area contributed by atoms with Crippen molar-refractivity contribution in [1.82, 2.24) is 4.90 Å². The van der Waals surface area contributed by atoms with Gasteiger partial charge in [-0.1, -0.05) is 24.6 Å². The van der Waals surface area contributed by atoms with Crippen LogP contribution in [-0.4, -0.2) is 29.2 Å². The van der Waals surface area contributed by atoms with Crippen LogP contribution in [0.1, 0.15) is 30.9 Å². The molecule has 0 aliphatic carbocycles. The molecule has 1 aliphatic heterocycles. The van der Waals surface area contributed by atoms with Gasteiger partial charge in [-0.3, -0.25) is 4.90 Å². The lowest BCUT2D eigenvalue weighted by Gasteiger charge is -2.35. The number of hydrogen-bond donors (Lipinski definition) is 1. The Kier molecular flexibility index (Phi) is 4.81. The van der Waals surface area contributed by atoms with Crippen LogP contribution in [0.5, 0.6) is 0 Å². The van der Waals surface area contributed by atoms with E-state index < -0.39 is 0 Å². The van der Waals surface area contributed by atoms with E-state index in [4.69, 9.17) is 16.9 Å². The van der Waals surface area contributed by atoms with Crippen LogP contribution in [0.15, 0.2) is 18.2 Å². The summed E-state index contributed by atoms with van der Waals surface area (Å²) in [5.41, 5.74) is 1.64. The molecular weight excluding hydrogens is 260 g/mol. The summed E-state index contributed by atoms with van der Waals surface area (Å²) in [6.07, 6.45) is 1.66. The predicted octanol–water partition coefficient (Wildman–Crippen LogP) is 2.80. The zero-order valence-electron chi connectivity index (χ0n) is 11.1. The van der Waals surface area contributed by atoms with Crippen LogP contribution in [0.4, 0.5) is 0 Å². The molecule has 1 aliphatic rings. The van der Waals surface area contributed by atoms with Crippen molar-refractivity contribution >= 4 is 11.6 Å². The smallest absolute Gasteiger partial charge is 0.0992 e. The zero-order chi connectivity index (χ0) is 13.8. The molecule has 0 saturated carbocycles. The number of hydrogen-bond acceptors (Lipinski definition) is 3. The average molecular weight is 279 g/mol. The van der Waals surface area contributed by atoms with Crippen LogP contribution >= 0.6 is 11.6 Å². The molecule has 19 heavy (non-hydrogen) atoms. The van der Waals surface area contributed by atoms with E-state index in [1.807, 2.05) is 6.07 Å². The highest BCUT2D eigenvalue weighted by Gasteiger charge is 2.26. The van der Waals surface area contributed by atoms with Crippen LogP contribution < -0.4 is 0 Å². The van der Waals surface area contributed by atoms with Crippen molar-refractivity contribution in [2.45, 2.75) is 32.4 Å². The number of aliphatic hydroxyl groups is 1. The van der Waals surface area contributed by atoms with Gasteiger partial charge in [-0.25, -0.2) is 0 Å². The van der Waals surface area contributed by atoms with Crippen molar-refractivity contribution in [3.63, 3.8) is 0 Å². The number of aliphatic hydroxyl groups excluding tert-OH is 1. The lowest BCUT2D eigenvalue weighted by atomic mass is 9.92. The van der Waals surface area contributed by atoms with Crippen LogP contribution in [0.25, 0.3) is 0 Å². The fourth-order valence-corrected chi connectivity index (χ4v) is 2.87. The first-order valence-electron chi connectivity index (χ1n) is 6.73. The molecule has 1 aromatic carbocycles. The van der Waals surface area contributed by atoms with Gasteiger partial charge in [-0.2, -0.15) is 5.26 Å². The summed E-state index contributed by atoms with van der Waals surface area (Å²) in [6.45, 7) is 4.71. The lowest BCUT2D eigenvalue weighted by molar-refractivity contribution is 0.0222. The molecule has 1 aromatic rings. The molecule has 2 rings (SSSR count). The van der Waals surface area contributed by atoms with Gasteiger partial charge in [0.1, 0.15) is 0 Å². The largest absolute Gasteiger partial charge is 0.393 e. The topological polar surface area (TPSA) is 47.3 Å². The van der Waals surface area contributed by atoms with Gasteiger partial charge in [-0.15, -0.1) is 0 Å². The summed E-state index contributed by atoms with van der Waals surface area (Å²) >= 11 is 6.20. The summed E-state index contributed by atoms with van der Waals surface area (Å²) in [7, 11) is 0. The summed E-state index contributed by atoms with van der Waals surface area (Å²) in [4.78, 5) is 2.33. The molecule has 2 unspecified atom stereocenters. The Morgan fingerprint density at radius 3 is 2.95 bits per heavy atom. The fraction of sp³-hybridized carbons (Fsp3) is 0.533. The highest BCUT2D eigenvalue weighted by atomic mass is 35.5. The lowest BCUT2D eigenvalue weighted by Crippen LogP contribution is -2.42. The Morgan fingerprint density at radius 1 is 1.53 bits per heavy atom. The van der Waals surface area contributed by atoms with Crippen LogP contribution in [-0.2, 0) is 6.54 Å². The Hall–Kier alpha value is -1.08. The van der Waals surface area contributed by atoms with Gasteiger partial charge in [0.05, 0.1) is 17.7 Å². The molecule has 1 N–H and O–H groups in total. The second-order valence-corrected chi connectivity index (χ2v) is 5.58. The Morgan fingerprint density at radius 2 is 2.32 bits per heavy atom. The molecule has 1 saturated heterocycles. The summed E-state index contributed by atoms with van der Waals surface area (Å²) < 4.78 is 0. The van der Waals surface area contributed by atoms with Gasteiger partial charge >= 0.3 is 0 Å². The quantitative estimate of drug-likeness (QED) is 0.925. The molecule has 2 atom stereocenters. The van der Waals surface area contributed by atoms with E-state index in [9.17, 15) is 5.11 Å². The standard InChI is InChI=1S/C15H19ClN2O/c1-2-12-9-18(6-5-15(12)19)10-13-4-3-11(8-17)7-14(13)16/h3-4,7,12,15,19H,2,5-6,9-10H2,1H3. The number of nitrogens with zero attached hydrogens (tertiary/aromatic N) is 2. The van der Waals surface area contributed by atoms with E-state index >= 15 is 0 Å². The number of likely N-dealkylation sites (tertiary alicyclic amines) is 1. The zero-order valence-corrected chi connectivity index (χ0v) is 11.9. The molecule has 0 spiro atoms. The monoisotopic (exact) mass is 278 g/mol. The number of piperidine rings is 1. The number of nitriles is 1.